The van der Waals surface area contributed by atoms with Crippen molar-refractivity contribution in [2.75, 3.05) is 19.6 Å². The van der Waals surface area contributed by atoms with Gasteiger partial charge in [0.15, 0.2) is 0 Å². The zero-order valence-corrected chi connectivity index (χ0v) is 32.8. The highest BCUT2D eigenvalue weighted by Gasteiger charge is 2.48. The molecule has 0 aromatic heterocycles. The number of nitrogens with one attached hydrogen (secondary N) is 4. The highest BCUT2D eigenvalue weighted by Crippen LogP contribution is 2.41. The number of rotatable bonds is 15. The number of unbranched alkanes of at least 4 members (excludes halogenated alkanes) is 1. The second-order valence-electron chi connectivity index (χ2n) is 17.5. The lowest BCUT2D eigenvalue weighted by atomic mass is 9.70. The summed E-state index contributed by atoms with van der Waals surface area (Å²) in [7, 11) is 0. The van der Waals surface area contributed by atoms with E-state index in [1.807, 2.05) is 55.4 Å². The van der Waals surface area contributed by atoms with Crippen LogP contribution in [0, 0.1) is 22.2 Å². The largest absolute Gasteiger partial charge is 0.346 e. The molecular formula is C39H64N6O7. The molecule has 52 heavy (non-hydrogen) atoms. The lowest BCUT2D eigenvalue weighted by Crippen LogP contribution is -2.63. The summed E-state index contributed by atoms with van der Waals surface area (Å²) in [5.41, 5.74) is -1.56. The molecule has 2 heterocycles. The molecule has 2 aliphatic heterocycles. The van der Waals surface area contributed by atoms with E-state index in [2.05, 4.69) is 27.8 Å². The van der Waals surface area contributed by atoms with Gasteiger partial charge in [-0.3, -0.25) is 33.7 Å². The van der Waals surface area contributed by atoms with Crippen LogP contribution in [-0.2, 0) is 28.8 Å². The van der Waals surface area contributed by atoms with Crippen molar-refractivity contribution in [2.24, 2.45) is 22.2 Å². The standard InChI is InChI=1S/C39H64N6O7/c1-10-12-16-26(31(48)34(50)40-19-11-2)41-33(49)27-20-25(3)23-44(27)35(51)32(39(9)17-14-13-15-18-39)43-36(52)42-28(37(4,5)6)24-45-29(46)21-38(7,8)22-30(45)47/h11,25-28,32H,2,10,12-24H2,1,3-9H3,(H,40,50)(H,41,49)(H2,42,43,52)/t25?,26?,27-,28+,32+/m0/s1. The number of Topliss-reactive ketones (excluding diaryl/α,β-unsaturated/α-hetero) is 1. The van der Waals surface area contributed by atoms with Gasteiger partial charge in [-0.25, -0.2) is 4.79 Å². The van der Waals surface area contributed by atoms with E-state index in [4.69, 9.17) is 0 Å². The third-order valence-corrected chi connectivity index (χ3v) is 11.0. The topological polar surface area (TPSA) is 174 Å². The predicted octanol–water partition coefficient (Wildman–Crippen LogP) is 4.00. The van der Waals surface area contributed by atoms with Crippen LogP contribution < -0.4 is 21.3 Å². The smallest absolute Gasteiger partial charge is 0.315 e. The number of nitrogens with zero attached hydrogens (tertiary/aromatic N) is 2. The van der Waals surface area contributed by atoms with Gasteiger partial charge in [-0.15, -0.1) is 6.58 Å². The zero-order valence-electron chi connectivity index (χ0n) is 32.8. The van der Waals surface area contributed by atoms with E-state index in [0.29, 0.717) is 32.2 Å². The van der Waals surface area contributed by atoms with Crippen LogP contribution in [0.2, 0.25) is 0 Å². The lowest BCUT2D eigenvalue weighted by Gasteiger charge is -2.43. The van der Waals surface area contributed by atoms with Crippen LogP contribution in [0.15, 0.2) is 12.7 Å². The summed E-state index contributed by atoms with van der Waals surface area (Å²) in [5, 5.41) is 11.3. The number of imide groups is 1. The van der Waals surface area contributed by atoms with Gasteiger partial charge in [0.2, 0.25) is 29.4 Å². The van der Waals surface area contributed by atoms with E-state index in [1.165, 1.54) is 15.9 Å². The van der Waals surface area contributed by atoms with Crippen molar-refractivity contribution >= 4 is 41.4 Å². The normalized spacial score (nSPS) is 23.2. The van der Waals surface area contributed by atoms with Crippen LogP contribution in [0.4, 0.5) is 4.79 Å². The minimum atomic E-state index is -1.04. The predicted molar refractivity (Wildman–Crippen MR) is 199 cm³/mol. The molecule has 2 unspecified atom stereocenters. The van der Waals surface area contributed by atoms with E-state index in [1.54, 1.807) is 0 Å². The fourth-order valence-electron chi connectivity index (χ4n) is 7.71. The second kappa shape index (κ2) is 17.8. The Morgan fingerprint density at radius 2 is 1.58 bits per heavy atom. The first-order valence-corrected chi connectivity index (χ1v) is 19.2. The van der Waals surface area contributed by atoms with Gasteiger partial charge < -0.3 is 26.2 Å². The Bertz CT molecular complexity index is 1340. The van der Waals surface area contributed by atoms with Crippen molar-refractivity contribution < 1.29 is 33.6 Å². The molecule has 0 spiro atoms. The van der Waals surface area contributed by atoms with Crippen LogP contribution in [0.5, 0.6) is 0 Å². The highest BCUT2D eigenvalue weighted by atomic mass is 16.2. The fourth-order valence-corrected chi connectivity index (χ4v) is 7.71. The molecular weight excluding hydrogens is 664 g/mol. The molecule has 1 saturated carbocycles. The minimum Gasteiger partial charge on any atom is -0.346 e. The van der Waals surface area contributed by atoms with Crippen molar-refractivity contribution in [1.29, 1.82) is 0 Å². The van der Waals surface area contributed by atoms with Crippen molar-refractivity contribution in [1.82, 2.24) is 31.1 Å². The molecule has 0 radical (unpaired) electrons. The van der Waals surface area contributed by atoms with Crippen molar-refractivity contribution in [3.8, 4) is 0 Å². The Morgan fingerprint density at radius 3 is 2.13 bits per heavy atom. The molecule has 13 heteroatoms. The van der Waals surface area contributed by atoms with Gasteiger partial charge >= 0.3 is 6.03 Å². The van der Waals surface area contributed by atoms with E-state index in [9.17, 15) is 33.6 Å². The van der Waals surface area contributed by atoms with Gasteiger partial charge in [0.05, 0.1) is 12.1 Å². The molecule has 4 N–H and O–H groups in total. The fraction of sp³-hybridized carbons (Fsp3) is 0.769. The summed E-state index contributed by atoms with van der Waals surface area (Å²) in [6.45, 7) is 19.4. The number of urea groups is 1. The van der Waals surface area contributed by atoms with Gasteiger partial charge in [-0.2, -0.15) is 0 Å². The van der Waals surface area contributed by atoms with Crippen LogP contribution in [0.25, 0.3) is 0 Å². The van der Waals surface area contributed by atoms with Crippen molar-refractivity contribution in [3.63, 3.8) is 0 Å². The summed E-state index contributed by atoms with van der Waals surface area (Å²) in [5.74, 6) is -3.01. The van der Waals surface area contributed by atoms with Crippen LogP contribution >= 0.6 is 0 Å². The Morgan fingerprint density at radius 1 is 0.962 bits per heavy atom. The number of carbonyl (C=O) groups is 7. The Hall–Kier alpha value is -3.77. The summed E-state index contributed by atoms with van der Waals surface area (Å²) < 4.78 is 0. The highest BCUT2D eigenvalue weighted by molar-refractivity contribution is 6.38. The van der Waals surface area contributed by atoms with Gasteiger partial charge in [0.1, 0.15) is 12.1 Å². The molecule has 3 aliphatic rings. The van der Waals surface area contributed by atoms with Crippen molar-refractivity contribution in [2.45, 2.75) is 150 Å². The second-order valence-corrected chi connectivity index (χ2v) is 17.5. The zero-order chi connectivity index (χ0) is 39.0. The molecule has 0 aromatic rings. The molecule has 0 aromatic carbocycles. The van der Waals surface area contributed by atoms with Gasteiger partial charge in [0.25, 0.3) is 5.91 Å². The summed E-state index contributed by atoms with van der Waals surface area (Å²) in [6.07, 6.45) is 8.14. The molecule has 1 aliphatic carbocycles. The summed E-state index contributed by atoms with van der Waals surface area (Å²) >= 11 is 0. The summed E-state index contributed by atoms with van der Waals surface area (Å²) in [4.78, 5) is 96.9. The molecule has 3 fully saturated rings. The van der Waals surface area contributed by atoms with Gasteiger partial charge in [-0.1, -0.05) is 93.6 Å². The molecule has 292 valence electrons. The minimum absolute atomic E-state index is 0.00988. The molecule has 3 rings (SSSR count). The first-order valence-electron chi connectivity index (χ1n) is 19.2. The van der Waals surface area contributed by atoms with Crippen LogP contribution in [0.3, 0.4) is 0 Å². The van der Waals surface area contributed by atoms with E-state index >= 15 is 0 Å². The third-order valence-electron chi connectivity index (χ3n) is 11.0. The molecule has 2 saturated heterocycles. The van der Waals surface area contributed by atoms with Crippen molar-refractivity contribution in [3.05, 3.63) is 12.7 Å². The van der Waals surface area contributed by atoms with Crippen LogP contribution in [0.1, 0.15) is 126 Å². The Balaban J connectivity index is 1.85. The lowest BCUT2D eigenvalue weighted by molar-refractivity contribution is -0.153. The molecule has 0 bridgehead atoms. The number of amides is 7. The monoisotopic (exact) mass is 728 g/mol. The number of hydrogen-bond acceptors (Lipinski definition) is 7. The maximum atomic E-state index is 14.7. The van der Waals surface area contributed by atoms with E-state index in [-0.39, 0.29) is 56.0 Å². The van der Waals surface area contributed by atoms with Gasteiger partial charge in [0, 0.05) is 32.5 Å². The third kappa shape index (κ3) is 11.1. The Labute approximate surface area is 310 Å². The van der Waals surface area contributed by atoms with E-state index in [0.717, 1.165) is 25.7 Å². The first kappa shape index (κ1) is 42.6. The number of likely N-dealkylation sites (tertiary alicyclic amines) is 2. The maximum absolute atomic E-state index is 14.7. The number of carbonyl (C=O) groups excluding carboxylic acids is 7. The maximum Gasteiger partial charge on any atom is 0.315 e. The number of hydrogen-bond donors (Lipinski definition) is 4. The number of piperidine rings is 1. The molecule has 5 atom stereocenters. The van der Waals surface area contributed by atoms with Gasteiger partial charge in [-0.05, 0) is 47.8 Å². The number of ketones is 1. The van der Waals surface area contributed by atoms with E-state index < -0.39 is 64.0 Å². The Kier molecular flexibility index (Phi) is 14.6. The first-order chi connectivity index (χ1) is 24.2. The average Bonchev–Trinajstić information content (AvgIpc) is 3.45. The molecule has 13 nitrogen and oxygen atoms in total. The summed E-state index contributed by atoms with van der Waals surface area (Å²) in [6, 6.07) is -4.10. The SMILES string of the molecule is C=CCNC(=O)C(=O)C(CCCC)NC(=O)[C@@H]1CC(C)CN1C(=O)[C@@H](NC(=O)N[C@H](CN1C(=O)CC(C)(C)CC1=O)C(C)(C)C)C1(C)CCCCC1. The quantitative estimate of drug-likeness (QED) is 0.112. The average molecular weight is 729 g/mol. The molecule has 7 amide bonds. The van der Waals surface area contributed by atoms with Crippen LogP contribution in [-0.4, -0.2) is 95.0 Å².